The Kier molecular flexibility index (Phi) is 3.76. The standard InChI is InChI=1S/C12H14N4O3/c1-19-9-4-2-3-8(5-9)7-16-10(6-13)11(12(17)18)14-15-16/h2-5H,6-7,13H2,1H3,(H,17,18). The van der Waals surface area contributed by atoms with Crippen LogP contribution in [0.4, 0.5) is 0 Å². The Morgan fingerprint density at radius 3 is 2.95 bits per heavy atom. The van der Waals surface area contributed by atoms with Gasteiger partial charge in [-0.25, -0.2) is 9.48 Å². The van der Waals surface area contributed by atoms with Crippen molar-refractivity contribution in [3.8, 4) is 5.75 Å². The lowest BCUT2D eigenvalue weighted by molar-refractivity contribution is 0.0689. The zero-order chi connectivity index (χ0) is 13.8. The van der Waals surface area contributed by atoms with E-state index in [0.29, 0.717) is 12.2 Å². The van der Waals surface area contributed by atoms with Crippen molar-refractivity contribution in [1.82, 2.24) is 15.0 Å². The summed E-state index contributed by atoms with van der Waals surface area (Å²) in [6.45, 7) is 0.461. The van der Waals surface area contributed by atoms with E-state index in [1.54, 1.807) is 7.11 Å². The molecule has 7 heteroatoms. The summed E-state index contributed by atoms with van der Waals surface area (Å²) in [5, 5.41) is 16.4. The Morgan fingerprint density at radius 1 is 1.53 bits per heavy atom. The molecule has 0 unspecified atom stereocenters. The van der Waals surface area contributed by atoms with Crippen molar-refractivity contribution in [1.29, 1.82) is 0 Å². The average Bonchev–Trinajstić information content (AvgIpc) is 2.82. The number of benzene rings is 1. The summed E-state index contributed by atoms with van der Waals surface area (Å²) in [5.74, 6) is -0.400. The lowest BCUT2D eigenvalue weighted by Gasteiger charge is -2.07. The van der Waals surface area contributed by atoms with Crippen LogP contribution in [0.1, 0.15) is 21.7 Å². The van der Waals surface area contributed by atoms with E-state index in [1.807, 2.05) is 24.3 Å². The van der Waals surface area contributed by atoms with Crippen molar-refractivity contribution >= 4 is 5.97 Å². The van der Waals surface area contributed by atoms with Crippen molar-refractivity contribution in [2.75, 3.05) is 7.11 Å². The van der Waals surface area contributed by atoms with Crippen LogP contribution in [0.3, 0.4) is 0 Å². The van der Waals surface area contributed by atoms with E-state index in [4.69, 9.17) is 15.6 Å². The normalized spacial score (nSPS) is 10.4. The number of rotatable bonds is 5. The van der Waals surface area contributed by atoms with Crippen molar-refractivity contribution in [2.45, 2.75) is 13.1 Å². The molecule has 2 aromatic rings. The highest BCUT2D eigenvalue weighted by molar-refractivity contribution is 5.86. The van der Waals surface area contributed by atoms with E-state index in [-0.39, 0.29) is 12.2 Å². The van der Waals surface area contributed by atoms with Crippen molar-refractivity contribution in [3.63, 3.8) is 0 Å². The molecule has 2 rings (SSSR count). The van der Waals surface area contributed by atoms with Crippen LogP contribution in [0.25, 0.3) is 0 Å². The zero-order valence-electron chi connectivity index (χ0n) is 10.4. The molecule has 0 aliphatic carbocycles. The molecule has 19 heavy (non-hydrogen) atoms. The Bertz CT molecular complexity index is 594. The molecule has 1 heterocycles. The molecule has 0 fully saturated rings. The minimum Gasteiger partial charge on any atom is -0.497 e. The molecule has 0 bridgehead atoms. The molecule has 0 saturated carbocycles. The predicted octanol–water partition coefficient (Wildman–Crippen LogP) is 0.492. The number of aromatic carboxylic acids is 1. The van der Waals surface area contributed by atoms with E-state index in [1.165, 1.54) is 4.68 Å². The number of methoxy groups -OCH3 is 1. The third-order valence-electron chi connectivity index (χ3n) is 2.70. The minimum atomic E-state index is -1.13. The van der Waals surface area contributed by atoms with Gasteiger partial charge in [-0.2, -0.15) is 0 Å². The molecule has 3 N–H and O–H groups in total. The molecule has 1 aromatic heterocycles. The summed E-state index contributed by atoms with van der Waals surface area (Å²) in [6.07, 6.45) is 0. The highest BCUT2D eigenvalue weighted by atomic mass is 16.5. The van der Waals surface area contributed by atoms with Crippen LogP contribution >= 0.6 is 0 Å². The summed E-state index contributed by atoms with van der Waals surface area (Å²) in [4.78, 5) is 11.0. The van der Waals surface area contributed by atoms with Crippen LogP contribution < -0.4 is 10.5 Å². The van der Waals surface area contributed by atoms with Crippen LogP contribution in [-0.2, 0) is 13.1 Å². The number of nitrogens with zero attached hydrogens (tertiary/aromatic N) is 3. The summed E-state index contributed by atoms with van der Waals surface area (Å²) in [6, 6.07) is 7.43. The van der Waals surface area contributed by atoms with E-state index < -0.39 is 5.97 Å². The lowest BCUT2D eigenvalue weighted by atomic mass is 10.2. The monoisotopic (exact) mass is 262 g/mol. The Hall–Kier alpha value is -2.41. The van der Waals surface area contributed by atoms with Gasteiger partial charge >= 0.3 is 5.97 Å². The third kappa shape index (κ3) is 2.71. The van der Waals surface area contributed by atoms with Crippen LogP contribution in [0.2, 0.25) is 0 Å². The number of aromatic nitrogens is 3. The maximum atomic E-state index is 11.0. The van der Waals surface area contributed by atoms with Gasteiger partial charge in [0, 0.05) is 6.54 Å². The van der Waals surface area contributed by atoms with Gasteiger partial charge < -0.3 is 15.6 Å². The maximum absolute atomic E-state index is 11.0. The number of ether oxygens (including phenoxy) is 1. The maximum Gasteiger partial charge on any atom is 0.358 e. The molecule has 0 saturated heterocycles. The molecule has 0 aliphatic rings. The van der Waals surface area contributed by atoms with Gasteiger partial charge in [0.1, 0.15) is 5.75 Å². The second-order valence-electron chi connectivity index (χ2n) is 3.90. The fraction of sp³-hybridized carbons (Fsp3) is 0.250. The van der Waals surface area contributed by atoms with Gasteiger partial charge in [-0.05, 0) is 17.7 Å². The average molecular weight is 262 g/mol. The second kappa shape index (κ2) is 5.49. The smallest absolute Gasteiger partial charge is 0.358 e. The van der Waals surface area contributed by atoms with Crippen LogP contribution in [-0.4, -0.2) is 33.2 Å². The van der Waals surface area contributed by atoms with Gasteiger partial charge in [0.05, 0.1) is 19.3 Å². The molecule has 100 valence electrons. The second-order valence-corrected chi connectivity index (χ2v) is 3.90. The molecule has 1 aromatic carbocycles. The van der Waals surface area contributed by atoms with Crippen molar-refractivity contribution in [3.05, 3.63) is 41.2 Å². The first kappa shape index (κ1) is 13.0. The van der Waals surface area contributed by atoms with Crippen LogP contribution in [0.15, 0.2) is 24.3 Å². The number of carboxylic acid groups (broad SMARTS) is 1. The van der Waals surface area contributed by atoms with E-state index in [2.05, 4.69) is 10.3 Å². The molecular formula is C12H14N4O3. The Balaban J connectivity index is 2.30. The predicted molar refractivity (Wildman–Crippen MR) is 67.0 cm³/mol. The SMILES string of the molecule is COc1cccc(Cn2nnc(C(=O)O)c2CN)c1. The number of nitrogens with two attached hydrogens (primary N) is 1. The quantitative estimate of drug-likeness (QED) is 0.812. The summed E-state index contributed by atoms with van der Waals surface area (Å²) >= 11 is 0. The fourth-order valence-electron chi connectivity index (χ4n) is 1.77. The Labute approximate surface area is 109 Å². The lowest BCUT2D eigenvalue weighted by Crippen LogP contribution is -2.13. The largest absolute Gasteiger partial charge is 0.497 e. The molecule has 0 amide bonds. The fourth-order valence-corrected chi connectivity index (χ4v) is 1.77. The van der Waals surface area contributed by atoms with Gasteiger partial charge in [-0.1, -0.05) is 17.3 Å². The number of hydrogen-bond acceptors (Lipinski definition) is 5. The van der Waals surface area contributed by atoms with Crippen LogP contribution in [0, 0.1) is 0 Å². The Morgan fingerprint density at radius 2 is 2.32 bits per heavy atom. The molecule has 0 spiro atoms. The summed E-state index contributed by atoms with van der Waals surface area (Å²) in [7, 11) is 1.59. The van der Waals surface area contributed by atoms with Gasteiger partial charge in [0.15, 0.2) is 5.69 Å². The van der Waals surface area contributed by atoms with E-state index >= 15 is 0 Å². The summed E-state index contributed by atoms with van der Waals surface area (Å²) in [5.41, 5.74) is 6.77. The van der Waals surface area contributed by atoms with Gasteiger partial charge in [-0.3, -0.25) is 0 Å². The van der Waals surface area contributed by atoms with Crippen LogP contribution in [0.5, 0.6) is 5.75 Å². The van der Waals surface area contributed by atoms with Gasteiger partial charge in [0.2, 0.25) is 0 Å². The summed E-state index contributed by atoms with van der Waals surface area (Å²) < 4.78 is 6.61. The molecule has 0 atom stereocenters. The zero-order valence-corrected chi connectivity index (χ0v) is 10.4. The molecule has 0 aliphatic heterocycles. The van der Waals surface area contributed by atoms with E-state index in [9.17, 15) is 4.79 Å². The molecule has 0 radical (unpaired) electrons. The first-order chi connectivity index (χ1) is 9.15. The van der Waals surface area contributed by atoms with E-state index in [0.717, 1.165) is 11.3 Å². The highest BCUT2D eigenvalue weighted by Crippen LogP contribution is 2.14. The van der Waals surface area contributed by atoms with Crippen molar-refractivity contribution < 1.29 is 14.6 Å². The molecule has 7 nitrogen and oxygen atoms in total. The first-order valence-electron chi connectivity index (χ1n) is 5.64. The number of carboxylic acids is 1. The number of hydrogen-bond donors (Lipinski definition) is 2. The third-order valence-corrected chi connectivity index (χ3v) is 2.70. The van der Waals surface area contributed by atoms with Crippen molar-refractivity contribution in [2.24, 2.45) is 5.73 Å². The molecular weight excluding hydrogens is 248 g/mol. The topological polar surface area (TPSA) is 103 Å². The highest BCUT2D eigenvalue weighted by Gasteiger charge is 2.17. The first-order valence-corrected chi connectivity index (χ1v) is 5.64. The minimum absolute atomic E-state index is 0.0681. The van der Waals surface area contributed by atoms with Gasteiger partial charge in [-0.15, -0.1) is 5.10 Å². The van der Waals surface area contributed by atoms with Gasteiger partial charge in [0.25, 0.3) is 0 Å². The number of carbonyl (C=O) groups is 1.